The maximum atomic E-state index is 13.1. The number of amides is 2. The van der Waals surface area contributed by atoms with Crippen molar-refractivity contribution >= 4 is 29.3 Å². The predicted octanol–water partition coefficient (Wildman–Crippen LogP) is 3.28. The summed E-state index contributed by atoms with van der Waals surface area (Å²) in [4.78, 5) is 48.4. The molecular formula is C28H37N5O4. The summed E-state index contributed by atoms with van der Waals surface area (Å²) in [6.07, 6.45) is 3.02. The molecule has 9 heteroatoms. The monoisotopic (exact) mass is 507 g/mol. The van der Waals surface area contributed by atoms with E-state index in [0.717, 1.165) is 11.5 Å². The largest absolute Gasteiger partial charge is 0.466 e. The first-order chi connectivity index (χ1) is 17.9. The Bertz CT molecular complexity index is 1090. The van der Waals surface area contributed by atoms with E-state index >= 15 is 0 Å². The molecule has 0 radical (unpaired) electrons. The minimum absolute atomic E-state index is 0.0320. The van der Waals surface area contributed by atoms with Gasteiger partial charge in [0.05, 0.1) is 18.2 Å². The molecule has 4 rings (SSSR count). The Balaban J connectivity index is 1.31. The lowest BCUT2D eigenvalue weighted by Crippen LogP contribution is -2.49. The summed E-state index contributed by atoms with van der Waals surface area (Å²) in [6.45, 7) is 10.0. The highest BCUT2D eigenvalue weighted by atomic mass is 16.5. The topological polar surface area (TPSA) is 95.1 Å². The number of hydrogen-bond donors (Lipinski definition) is 1. The highest BCUT2D eigenvalue weighted by Gasteiger charge is 2.29. The number of benzene rings is 1. The van der Waals surface area contributed by atoms with E-state index in [9.17, 15) is 14.4 Å². The van der Waals surface area contributed by atoms with Crippen molar-refractivity contribution in [3.63, 3.8) is 0 Å². The molecule has 9 nitrogen and oxygen atoms in total. The molecule has 1 aromatic heterocycles. The third-order valence-corrected chi connectivity index (χ3v) is 6.88. The number of anilines is 2. The zero-order chi connectivity index (χ0) is 26.4. The Morgan fingerprint density at radius 2 is 1.49 bits per heavy atom. The standard InChI is InChI=1S/C28H37N5O4/c1-4-37-28(36)23-11-14-32(15-12-23)26(34)21-7-9-22(10-8-21)27(35)33-18-16-31(17-19-33)25-24(30-20(2)3)6-5-13-29-25/h5-10,13,20,23,30H,4,11-12,14-19H2,1-3H3. The van der Waals surface area contributed by atoms with E-state index in [1.165, 1.54) is 0 Å². The van der Waals surface area contributed by atoms with Gasteiger partial charge in [-0.25, -0.2) is 4.98 Å². The van der Waals surface area contributed by atoms with Crippen LogP contribution in [0.2, 0.25) is 0 Å². The molecule has 1 N–H and O–H groups in total. The van der Waals surface area contributed by atoms with E-state index in [-0.39, 0.29) is 23.7 Å². The van der Waals surface area contributed by atoms with E-state index in [2.05, 4.69) is 29.0 Å². The Kier molecular flexibility index (Phi) is 8.63. The average molecular weight is 508 g/mol. The van der Waals surface area contributed by atoms with Gasteiger partial charge in [0.25, 0.3) is 11.8 Å². The molecule has 2 saturated heterocycles. The van der Waals surface area contributed by atoms with Crippen molar-refractivity contribution in [2.45, 2.75) is 39.7 Å². The van der Waals surface area contributed by atoms with Crippen molar-refractivity contribution < 1.29 is 19.1 Å². The van der Waals surface area contributed by atoms with Crippen molar-refractivity contribution in [1.82, 2.24) is 14.8 Å². The van der Waals surface area contributed by atoms with Crippen molar-refractivity contribution in [2.24, 2.45) is 5.92 Å². The van der Waals surface area contributed by atoms with Crippen LogP contribution in [-0.2, 0) is 9.53 Å². The van der Waals surface area contributed by atoms with Crippen LogP contribution in [0.4, 0.5) is 11.5 Å². The number of piperidine rings is 1. The summed E-state index contributed by atoms with van der Waals surface area (Å²) >= 11 is 0. The van der Waals surface area contributed by atoms with Crippen molar-refractivity contribution in [3.8, 4) is 0 Å². The number of hydrogen-bond acceptors (Lipinski definition) is 7. The van der Waals surface area contributed by atoms with Gasteiger partial charge >= 0.3 is 5.97 Å². The van der Waals surface area contributed by atoms with Crippen LogP contribution in [0, 0.1) is 5.92 Å². The lowest BCUT2D eigenvalue weighted by molar-refractivity contribution is -0.149. The molecule has 2 amide bonds. The van der Waals surface area contributed by atoms with Gasteiger partial charge in [-0.2, -0.15) is 0 Å². The van der Waals surface area contributed by atoms with Crippen LogP contribution in [-0.4, -0.2) is 84.5 Å². The number of carbonyl (C=O) groups is 3. The fourth-order valence-corrected chi connectivity index (χ4v) is 4.89. The summed E-state index contributed by atoms with van der Waals surface area (Å²) in [5, 5.41) is 3.44. The second kappa shape index (κ2) is 12.1. The van der Waals surface area contributed by atoms with E-state index < -0.39 is 0 Å². The maximum Gasteiger partial charge on any atom is 0.309 e. The third kappa shape index (κ3) is 6.39. The molecular weight excluding hydrogens is 470 g/mol. The van der Waals surface area contributed by atoms with Crippen molar-refractivity contribution in [1.29, 1.82) is 0 Å². The number of aromatic nitrogens is 1. The molecule has 1 aromatic carbocycles. The van der Waals surface area contributed by atoms with Crippen LogP contribution < -0.4 is 10.2 Å². The lowest BCUT2D eigenvalue weighted by Gasteiger charge is -2.36. The summed E-state index contributed by atoms with van der Waals surface area (Å²) < 4.78 is 5.11. The summed E-state index contributed by atoms with van der Waals surface area (Å²) in [6, 6.07) is 11.2. The molecule has 0 aliphatic carbocycles. The normalized spacial score (nSPS) is 16.6. The number of rotatable bonds is 7. The third-order valence-electron chi connectivity index (χ3n) is 6.88. The van der Waals surface area contributed by atoms with Gasteiger partial charge in [0.2, 0.25) is 0 Å². The van der Waals surface area contributed by atoms with E-state index in [0.29, 0.717) is 75.9 Å². The molecule has 0 saturated carbocycles. The maximum absolute atomic E-state index is 13.1. The number of nitrogens with one attached hydrogen (secondary N) is 1. The fraction of sp³-hybridized carbons (Fsp3) is 0.500. The van der Waals surface area contributed by atoms with Gasteiger partial charge in [-0.05, 0) is 70.0 Å². The van der Waals surface area contributed by atoms with Gasteiger partial charge in [-0.3, -0.25) is 14.4 Å². The first-order valence-electron chi connectivity index (χ1n) is 13.2. The Morgan fingerprint density at radius 3 is 2.03 bits per heavy atom. The second-order valence-corrected chi connectivity index (χ2v) is 9.85. The Labute approximate surface area is 218 Å². The minimum Gasteiger partial charge on any atom is -0.466 e. The second-order valence-electron chi connectivity index (χ2n) is 9.85. The zero-order valence-electron chi connectivity index (χ0n) is 22.0. The average Bonchev–Trinajstić information content (AvgIpc) is 2.93. The lowest BCUT2D eigenvalue weighted by atomic mass is 9.96. The van der Waals surface area contributed by atoms with Gasteiger partial charge in [0.15, 0.2) is 5.82 Å². The number of ether oxygens (including phenoxy) is 1. The van der Waals surface area contributed by atoms with Crippen molar-refractivity contribution in [3.05, 3.63) is 53.7 Å². The zero-order valence-corrected chi connectivity index (χ0v) is 22.0. The number of likely N-dealkylation sites (tertiary alicyclic amines) is 1. The fourth-order valence-electron chi connectivity index (χ4n) is 4.89. The van der Waals surface area contributed by atoms with Crippen molar-refractivity contribution in [2.75, 3.05) is 56.1 Å². The summed E-state index contributed by atoms with van der Waals surface area (Å²) in [5.74, 6) is 0.496. The van der Waals surface area contributed by atoms with Gasteiger partial charge in [-0.1, -0.05) is 0 Å². The molecule has 2 aliphatic rings. The Morgan fingerprint density at radius 1 is 0.919 bits per heavy atom. The highest BCUT2D eigenvalue weighted by molar-refractivity contribution is 5.98. The predicted molar refractivity (Wildman–Crippen MR) is 143 cm³/mol. The number of pyridine rings is 1. The molecule has 2 fully saturated rings. The molecule has 2 aliphatic heterocycles. The summed E-state index contributed by atoms with van der Waals surface area (Å²) in [5.41, 5.74) is 2.13. The molecule has 0 unspecified atom stereocenters. The first-order valence-corrected chi connectivity index (χ1v) is 13.2. The number of carbonyl (C=O) groups excluding carboxylic acids is 3. The molecule has 0 spiro atoms. The van der Waals surface area contributed by atoms with Crippen LogP contribution in [0.25, 0.3) is 0 Å². The smallest absolute Gasteiger partial charge is 0.309 e. The number of nitrogens with zero attached hydrogens (tertiary/aromatic N) is 4. The molecule has 198 valence electrons. The van der Waals surface area contributed by atoms with Gasteiger partial charge < -0.3 is 24.8 Å². The number of esters is 1. The van der Waals surface area contributed by atoms with Crippen LogP contribution in [0.1, 0.15) is 54.3 Å². The van der Waals surface area contributed by atoms with Gasteiger partial charge in [0.1, 0.15) is 0 Å². The molecule has 37 heavy (non-hydrogen) atoms. The number of piperazine rings is 1. The minimum atomic E-state index is -0.175. The van der Waals surface area contributed by atoms with Crippen LogP contribution in [0.3, 0.4) is 0 Å². The molecule has 3 heterocycles. The van der Waals surface area contributed by atoms with Gasteiger partial charge in [-0.15, -0.1) is 0 Å². The van der Waals surface area contributed by atoms with Crippen LogP contribution in [0.5, 0.6) is 0 Å². The van der Waals surface area contributed by atoms with E-state index in [4.69, 9.17) is 4.74 Å². The highest BCUT2D eigenvalue weighted by Crippen LogP contribution is 2.25. The van der Waals surface area contributed by atoms with Gasteiger partial charge in [0, 0.05) is 62.6 Å². The van der Waals surface area contributed by atoms with Crippen LogP contribution >= 0.6 is 0 Å². The SMILES string of the molecule is CCOC(=O)C1CCN(C(=O)c2ccc(C(=O)N3CCN(c4ncccc4NC(C)C)CC3)cc2)CC1. The van der Waals surface area contributed by atoms with Crippen LogP contribution in [0.15, 0.2) is 42.6 Å². The Hall–Kier alpha value is -3.62. The van der Waals surface area contributed by atoms with E-state index in [1.54, 1.807) is 42.3 Å². The van der Waals surface area contributed by atoms with E-state index in [1.807, 2.05) is 17.0 Å². The molecule has 2 aromatic rings. The first kappa shape index (κ1) is 26.4. The quantitative estimate of drug-likeness (QED) is 0.575. The summed E-state index contributed by atoms with van der Waals surface area (Å²) in [7, 11) is 0. The molecule has 0 bridgehead atoms. The molecule has 0 atom stereocenters.